The minimum atomic E-state index is -1.07. The number of aliphatic carboxylic acids is 1. The van der Waals surface area contributed by atoms with Gasteiger partial charge < -0.3 is 20.3 Å². The van der Waals surface area contributed by atoms with Crippen LogP contribution in [-0.4, -0.2) is 24.3 Å². The number of carboxylic acid groups (broad SMARTS) is 1. The number of ether oxygens (including phenoxy) is 2. The van der Waals surface area contributed by atoms with E-state index >= 15 is 0 Å². The Morgan fingerprint density at radius 1 is 1.25 bits per heavy atom. The van der Waals surface area contributed by atoms with Crippen LogP contribution in [0.25, 0.3) is 0 Å². The van der Waals surface area contributed by atoms with E-state index in [9.17, 15) is 4.79 Å². The summed E-state index contributed by atoms with van der Waals surface area (Å²) in [7, 11) is 0. The lowest BCUT2D eigenvalue weighted by Crippen LogP contribution is -2.20. The maximum Gasteiger partial charge on any atom is 0.325 e. The van der Waals surface area contributed by atoms with Gasteiger partial charge in [-0.1, -0.05) is 25.8 Å². The normalized spacial score (nSPS) is 11.9. The second-order valence-corrected chi connectivity index (χ2v) is 4.51. The largest absolute Gasteiger partial charge is 0.490 e. The topological polar surface area (TPSA) is 81.8 Å². The average Bonchev–Trinajstić information content (AvgIpc) is 2.44. The van der Waals surface area contributed by atoms with Crippen LogP contribution >= 0.6 is 0 Å². The van der Waals surface area contributed by atoms with Gasteiger partial charge in [0.2, 0.25) is 0 Å². The maximum atomic E-state index is 10.9. The lowest BCUT2D eigenvalue weighted by Gasteiger charge is -2.14. The zero-order chi connectivity index (χ0) is 15.0. The van der Waals surface area contributed by atoms with E-state index in [-0.39, 0.29) is 0 Å². The molecule has 5 heteroatoms. The van der Waals surface area contributed by atoms with Crippen LogP contribution in [0, 0.1) is 0 Å². The first-order valence-electron chi connectivity index (χ1n) is 6.98. The van der Waals surface area contributed by atoms with Gasteiger partial charge >= 0.3 is 5.97 Å². The van der Waals surface area contributed by atoms with E-state index in [4.69, 9.17) is 20.3 Å². The van der Waals surface area contributed by atoms with Gasteiger partial charge in [0.05, 0.1) is 13.2 Å². The number of carboxylic acids is 1. The average molecular weight is 281 g/mol. The molecule has 1 rings (SSSR count). The van der Waals surface area contributed by atoms with Crippen molar-refractivity contribution in [3.05, 3.63) is 23.8 Å². The SMILES string of the molecule is CCCCCOc1ccc(C(N)C(=O)O)cc1OCC. The van der Waals surface area contributed by atoms with Crippen molar-refractivity contribution < 1.29 is 19.4 Å². The molecule has 0 aliphatic carbocycles. The third kappa shape index (κ3) is 4.74. The molecule has 1 aromatic carbocycles. The predicted molar refractivity (Wildman–Crippen MR) is 77.2 cm³/mol. The van der Waals surface area contributed by atoms with Crippen molar-refractivity contribution in [3.63, 3.8) is 0 Å². The molecular formula is C15H23NO4. The van der Waals surface area contributed by atoms with Crippen molar-refractivity contribution in [2.75, 3.05) is 13.2 Å². The van der Waals surface area contributed by atoms with E-state index in [1.165, 1.54) is 0 Å². The molecule has 0 fully saturated rings. The van der Waals surface area contributed by atoms with E-state index in [2.05, 4.69) is 6.92 Å². The van der Waals surface area contributed by atoms with Crippen LogP contribution in [0.5, 0.6) is 11.5 Å². The number of unbranched alkanes of at least 4 members (excludes halogenated alkanes) is 2. The van der Waals surface area contributed by atoms with Gasteiger partial charge in [0.15, 0.2) is 11.5 Å². The van der Waals surface area contributed by atoms with Gasteiger partial charge in [-0.05, 0) is 31.0 Å². The quantitative estimate of drug-likeness (QED) is 0.680. The Balaban J connectivity index is 2.81. The van der Waals surface area contributed by atoms with Gasteiger partial charge in [-0.2, -0.15) is 0 Å². The number of hydrogen-bond acceptors (Lipinski definition) is 4. The smallest absolute Gasteiger partial charge is 0.325 e. The summed E-state index contributed by atoms with van der Waals surface area (Å²) in [6, 6.07) is 3.96. The lowest BCUT2D eigenvalue weighted by molar-refractivity contribution is -0.138. The highest BCUT2D eigenvalue weighted by atomic mass is 16.5. The summed E-state index contributed by atoms with van der Waals surface area (Å²) in [5.74, 6) is 0.103. The first-order valence-corrected chi connectivity index (χ1v) is 6.98. The van der Waals surface area contributed by atoms with Crippen LogP contribution in [0.3, 0.4) is 0 Å². The van der Waals surface area contributed by atoms with Crippen molar-refractivity contribution in [2.24, 2.45) is 5.73 Å². The lowest BCUT2D eigenvalue weighted by atomic mass is 10.1. The van der Waals surface area contributed by atoms with Gasteiger partial charge in [-0.15, -0.1) is 0 Å². The van der Waals surface area contributed by atoms with Crippen LogP contribution in [0.4, 0.5) is 0 Å². The molecule has 0 bridgehead atoms. The molecule has 0 radical (unpaired) electrons. The molecule has 0 aliphatic heterocycles. The van der Waals surface area contributed by atoms with E-state index in [1.54, 1.807) is 18.2 Å². The van der Waals surface area contributed by atoms with Gasteiger partial charge in [-0.3, -0.25) is 4.79 Å². The molecule has 112 valence electrons. The first-order chi connectivity index (χ1) is 9.60. The molecule has 3 N–H and O–H groups in total. The fraction of sp³-hybridized carbons (Fsp3) is 0.533. The minimum Gasteiger partial charge on any atom is -0.490 e. The standard InChI is InChI=1S/C15H23NO4/c1-3-5-6-9-20-12-8-7-11(14(16)15(17)18)10-13(12)19-4-2/h7-8,10,14H,3-6,9,16H2,1-2H3,(H,17,18). The second kappa shape index (κ2) is 8.43. The Morgan fingerprint density at radius 3 is 2.60 bits per heavy atom. The van der Waals surface area contributed by atoms with Crippen molar-refractivity contribution >= 4 is 5.97 Å². The van der Waals surface area contributed by atoms with Crippen LogP contribution in [-0.2, 0) is 4.79 Å². The fourth-order valence-electron chi connectivity index (χ4n) is 1.78. The van der Waals surface area contributed by atoms with Crippen molar-refractivity contribution in [1.29, 1.82) is 0 Å². The van der Waals surface area contributed by atoms with Crippen molar-refractivity contribution in [1.82, 2.24) is 0 Å². The van der Waals surface area contributed by atoms with Gasteiger partial charge in [-0.25, -0.2) is 0 Å². The molecule has 5 nitrogen and oxygen atoms in total. The number of rotatable bonds is 9. The van der Waals surface area contributed by atoms with E-state index in [1.807, 2.05) is 6.92 Å². The highest BCUT2D eigenvalue weighted by molar-refractivity contribution is 5.75. The number of benzene rings is 1. The Morgan fingerprint density at radius 2 is 2.00 bits per heavy atom. The Bertz CT molecular complexity index is 434. The molecule has 0 saturated carbocycles. The van der Waals surface area contributed by atoms with Gasteiger partial charge in [0.25, 0.3) is 0 Å². The summed E-state index contributed by atoms with van der Waals surface area (Å²) in [6.07, 6.45) is 3.23. The summed E-state index contributed by atoms with van der Waals surface area (Å²) < 4.78 is 11.2. The summed E-state index contributed by atoms with van der Waals surface area (Å²) in [5.41, 5.74) is 6.10. The Labute approximate surface area is 119 Å². The van der Waals surface area contributed by atoms with E-state index < -0.39 is 12.0 Å². The molecule has 0 heterocycles. The summed E-state index contributed by atoms with van der Waals surface area (Å²) in [4.78, 5) is 10.9. The summed E-state index contributed by atoms with van der Waals surface area (Å²) in [6.45, 7) is 5.10. The highest BCUT2D eigenvalue weighted by Crippen LogP contribution is 2.30. The minimum absolute atomic E-state index is 0.483. The van der Waals surface area contributed by atoms with Gasteiger partial charge in [0.1, 0.15) is 6.04 Å². The maximum absolute atomic E-state index is 10.9. The fourth-order valence-corrected chi connectivity index (χ4v) is 1.78. The van der Waals surface area contributed by atoms with Crippen molar-refractivity contribution in [3.8, 4) is 11.5 Å². The monoisotopic (exact) mass is 281 g/mol. The van der Waals surface area contributed by atoms with Crippen molar-refractivity contribution in [2.45, 2.75) is 39.2 Å². The molecule has 0 aliphatic rings. The molecule has 0 saturated heterocycles. The molecule has 0 spiro atoms. The molecule has 20 heavy (non-hydrogen) atoms. The van der Waals surface area contributed by atoms with E-state index in [0.29, 0.717) is 30.3 Å². The molecule has 0 aromatic heterocycles. The molecule has 0 amide bonds. The van der Waals surface area contributed by atoms with Crippen LogP contribution < -0.4 is 15.2 Å². The zero-order valence-corrected chi connectivity index (χ0v) is 12.1. The number of hydrogen-bond donors (Lipinski definition) is 2. The number of carbonyl (C=O) groups is 1. The van der Waals surface area contributed by atoms with Gasteiger partial charge in [0, 0.05) is 0 Å². The molecule has 1 atom stereocenters. The number of nitrogens with two attached hydrogens (primary N) is 1. The van der Waals surface area contributed by atoms with Crippen LogP contribution in [0.1, 0.15) is 44.7 Å². The molecule has 1 aromatic rings. The van der Waals surface area contributed by atoms with Crippen LogP contribution in [0.15, 0.2) is 18.2 Å². The Hall–Kier alpha value is -1.75. The second-order valence-electron chi connectivity index (χ2n) is 4.51. The third-order valence-electron chi connectivity index (χ3n) is 2.90. The molecule has 1 unspecified atom stereocenters. The third-order valence-corrected chi connectivity index (χ3v) is 2.90. The summed E-state index contributed by atoms with van der Waals surface area (Å²) >= 11 is 0. The highest BCUT2D eigenvalue weighted by Gasteiger charge is 2.16. The zero-order valence-electron chi connectivity index (χ0n) is 12.1. The Kier molecular flexibility index (Phi) is 6.87. The van der Waals surface area contributed by atoms with E-state index in [0.717, 1.165) is 19.3 Å². The molecular weight excluding hydrogens is 258 g/mol. The summed E-state index contributed by atoms with van der Waals surface area (Å²) in [5, 5.41) is 8.93. The predicted octanol–water partition coefficient (Wildman–Crippen LogP) is 2.74. The first kappa shape index (κ1) is 16.3. The van der Waals surface area contributed by atoms with Crippen LogP contribution in [0.2, 0.25) is 0 Å².